The minimum Gasteiger partial charge on any atom is -0.298 e. The molecule has 0 aromatic rings. The van der Waals surface area contributed by atoms with E-state index >= 15 is 0 Å². The number of Topliss-reactive ketones (excluding diaryl/α,β-unsaturated/α-hetero) is 1. The van der Waals surface area contributed by atoms with Crippen molar-refractivity contribution in [3.63, 3.8) is 0 Å². The Labute approximate surface area is 95.0 Å². The van der Waals surface area contributed by atoms with E-state index in [1.165, 1.54) is 19.3 Å². The molecule has 15 heavy (non-hydrogen) atoms. The van der Waals surface area contributed by atoms with Crippen LogP contribution in [0.5, 0.6) is 0 Å². The highest BCUT2D eigenvalue weighted by Gasteiger charge is 2.26. The van der Waals surface area contributed by atoms with Crippen LogP contribution in [0.25, 0.3) is 0 Å². The molecule has 1 aliphatic rings. The second-order valence-corrected chi connectivity index (χ2v) is 4.40. The first kappa shape index (κ1) is 14.6. The molecule has 2 heteroatoms. The highest BCUT2D eigenvalue weighted by molar-refractivity contribution is 5.81. The third-order valence-electron chi connectivity index (χ3n) is 2.83. The minimum atomic E-state index is 0.167. The van der Waals surface area contributed by atoms with E-state index in [1.807, 2.05) is 13.8 Å². The van der Waals surface area contributed by atoms with Gasteiger partial charge < -0.3 is 0 Å². The summed E-state index contributed by atoms with van der Waals surface area (Å²) in [6.45, 7) is 12.2. The average Bonchev–Trinajstić information content (AvgIpc) is 2.21. The highest BCUT2D eigenvalue weighted by atomic mass is 16.1. The topological polar surface area (TPSA) is 20.3 Å². The smallest absolute Gasteiger partial charge is 0.147 e. The molecule has 0 radical (unpaired) electrons. The Kier molecular flexibility index (Phi) is 7.67. The standard InChI is InChI=1S/C11H21NO.C2H6/c1-9(2)11(10(3)13)12-7-5-4-6-8-12;1-2/h9,11H,4-8H2,1-3H3;1-2H3. The number of hydrogen-bond acceptors (Lipinski definition) is 2. The number of carbonyl (C=O) groups is 1. The van der Waals surface area contributed by atoms with Gasteiger partial charge in [0.1, 0.15) is 5.78 Å². The lowest BCUT2D eigenvalue weighted by Crippen LogP contribution is -2.46. The minimum absolute atomic E-state index is 0.167. The van der Waals surface area contributed by atoms with Crippen LogP contribution in [0.4, 0.5) is 0 Å². The van der Waals surface area contributed by atoms with Crippen LogP contribution < -0.4 is 0 Å². The van der Waals surface area contributed by atoms with Gasteiger partial charge in [-0.05, 0) is 38.8 Å². The van der Waals surface area contributed by atoms with Gasteiger partial charge in [0, 0.05) is 0 Å². The summed E-state index contributed by atoms with van der Waals surface area (Å²) in [6.07, 6.45) is 3.85. The first-order chi connectivity index (χ1) is 7.13. The molecule has 1 saturated heterocycles. The molecule has 0 bridgehead atoms. The molecule has 1 unspecified atom stereocenters. The van der Waals surface area contributed by atoms with Gasteiger partial charge in [-0.25, -0.2) is 0 Å². The molecule has 1 atom stereocenters. The SMILES string of the molecule is CC.CC(=O)C(C(C)C)N1CCCCC1. The molecule has 0 N–H and O–H groups in total. The molecule has 0 spiro atoms. The molecule has 0 aromatic heterocycles. The first-order valence-electron chi connectivity index (χ1n) is 6.37. The summed E-state index contributed by atoms with van der Waals surface area (Å²) in [7, 11) is 0. The van der Waals surface area contributed by atoms with Gasteiger partial charge in [-0.15, -0.1) is 0 Å². The van der Waals surface area contributed by atoms with Crippen LogP contribution in [0, 0.1) is 5.92 Å². The van der Waals surface area contributed by atoms with Crippen LogP contribution in [0.1, 0.15) is 53.9 Å². The molecule has 0 saturated carbocycles. The van der Waals surface area contributed by atoms with Gasteiger partial charge in [0.2, 0.25) is 0 Å². The van der Waals surface area contributed by atoms with E-state index in [0.29, 0.717) is 11.7 Å². The van der Waals surface area contributed by atoms with Crippen molar-refractivity contribution in [2.24, 2.45) is 5.92 Å². The first-order valence-corrected chi connectivity index (χ1v) is 6.37. The van der Waals surface area contributed by atoms with E-state index in [9.17, 15) is 4.79 Å². The van der Waals surface area contributed by atoms with Gasteiger partial charge in [0.05, 0.1) is 6.04 Å². The molecule has 0 aromatic carbocycles. The van der Waals surface area contributed by atoms with Crippen LogP contribution in [-0.2, 0) is 4.79 Å². The van der Waals surface area contributed by atoms with Gasteiger partial charge in [0.15, 0.2) is 0 Å². The van der Waals surface area contributed by atoms with Crippen molar-refractivity contribution in [1.29, 1.82) is 0 Å². The van der Waals surface area contributed by atoms with Crippen molar-refractivity contribution in [2.75, 3.05) is 13.1 Å². The quantitative estimate of drug-likeness (QED) is 0.718. The van der Waals surface area contributed by atoms with Crippen molar-refractivity contribution < 1.29 is 4.79 Å². The summed E-state index contributed by atoms with van der Waals surface area (Å²) < 4.78 is 0. The van der Waals surface area contributed by atoms with E-state index in [4.69, 9.17) is 0 Å². The van der Waals surface area contributed by atoms with Crippen LogP contribution >= 0.6 is 0 Å². The fourth-order valence-electron chi connectivity index (χ4n) is 2.34. The van der Waals surface area contributed by atoms with Gasteiger partial charge in [-0.3, -0.25) is 9.69 Å². The average molecular weight is 213 g/mol. The van der Waals surface area contributed by atoms with Crippen molar-refractivity contribution in [3.05, 3.63) is 0 Å². The van der Waals surface area contributed by atoms with Crippen LogP contribution in [0.3, 0.4) is 0 Å². The monoisotopic (exact) mass is 213 g/mol. The van der Waals surface area contributed by atoms with Crippen LogP contribution in [-0.4, -0.2) is 29.8 Å². The maximum atomic E-state index is 11.4. The van der Waals surface area contributed by atoms with E-state index in [-0.39, 0.29) is 6.04 Å². The Hall–Kier alpha value is -0.370. The molecule has 1 fully saturated rings. The Morgan fingerprint density at radius 3 is 1.87 bits per heavy atom. The van der Waals surface area contributed by atoms with E-state index in [2.05, 4.69) is 18.7 Å². The number of piperidine rings is 1. The predicted octanol–water partition coefficient (Wildman–Crippen LogP) is 3.11. The maximum Gasteiger partial charge on any atom is 0.147 e. The molecule has 1 heterocycles. The Morgan fingerprint density at radius 2 is 1.53 bits per heavy atom. The van der Waals surface area contributed by atoms with Crippen molar-refractivity contribution in [1.82, 2.24) is 4.90 Å². The van der Waals surface area contributed by atoms with Crippen molar-refractivity contribution in [3.8, 4) is 0 Å². The number of likely N-dealkylation sites (tertiary alicyclic amines) is 1. The van der Waals surface area contributed by atoms with Crippen molar-refractivity contribution in [2.45, 2.75) is 59.9 Å². The molecule has 90 valence electrons. The van der Waals surface area contributed by atoms with E-state index < -0.39 is 0 Å². The molecule has 1 aliphatic heterocycles. The fraction of sp³-hybridized carbons (Fsp3) is 0.923. The number of nitrogens with zero attached hydrogens (tertiary/aromatic N) is 1. The highest BCUT2D eigenvalue weighted by Crippen LogP contribution is 2.17. The second kappa shape index (κ2) is 7.86. The third kappa shape index (κ3) is 4.78. The molecule has 1 rings (SSSR count). The molecule has 0 amide bonds. The Morgan fingerprint density at radius 1 is 1.07 bits per heavy atom. The third-order valence-corrected chi connectivity index (χ3v) is 2.83. The summed E-state index contributed by atoms with van der Waals surface area (Å²) in [5.74, 6) is 0.785. The number of ketones is 1. The molecular formula is C13H27NO. The normalized spacial score (nSPS) is 19.3. The maximum absolute atomic E-state index is 11.4. The zero-order valence-electron chi connectivity index (χ0n) is 11.0. The molecule has 2 nitrogen and oxygen atoms in total. The van der Waals surface area contributed by atoms with Crippen LogP contribution in [0.15, 0.2) is 0 Å². The summed E-state index contributed by atoms with van der Waals surface area (Å²) in [5, 5.41) is 0. The van der Waals surface area contributed by atoms with Gasteiger partial charge in [0.25, 0.3) is 0 Å². The number of carbonyl (C=O) groups excluding carboxylic acids is 1. The molecule has 0 aliphatic carbocycles. The van der Waals surface area contributed by atoms with Crippen molar-refractivity contribution >= 4 is 5.78 Å². The second-order valence-electron chi connectivity index (χ2n) is 4.40. The summed E-state index contributed by atoms with van der Waals surface area (Å²) in [4.78, 5) is 13.8. The number of hydrogen-bond donors (Lipinski definition) is 0. The molecular weight excluding hydrogens is 186 g/mol. The van der Waals surface area contributed by atoms with Gasteiger partial charge in [-0.1, -0.05) is 34.1 Å². The van der Waals surface area contributed by atoms with Crippen LogP contribution in [0.2, 0.25) is 0 Å². The summed E-state index contributed by atoms with van der Waals surface area (Å²) in [6, 6.07) is 0.167. The zero-order valence-corrected chi connectivity index (χ0v) is 11.0. The Balaban J connectivity index is 0.000000921. The largest absolute Gasteiger partial charge is 0.298 e. The van der Waals surface area contributed by atoms with Gasteiger partial charge in [-0.2, -0.15) is 0 Å². The number of rotatable bonds is 3. The van der Waals surface area contributed by atoms with E-state index in [1.54, 1.807) is 6.92 Å². The summed E-state index contributed by atoms with van der Waals surface area (Å²) >= 11 is 0. The zero-order chi connectivity index (χ0) is 11.8. The van der Waals surface area contributed by atoms with Gasteiger partial charge >= 0.3 is 0 Å². The van der Waals surface area contributed by atoms with E-state index in [0.717, 1.165) is 13.1 Å². The lowest BCUT2D eigenvalue weighted by Gasteiger charge is -2.35. The predicted molar refractivity (Wildman–Crippen MR) is 66.1 cm³/mol. The lowest BCUT2D eigenvalue weighted by atomic mass is 9.96. The Bertz CT molecular complexity index is 171. The fourth-order valence-corrected chi connectivity index (χ4v) is 2.34. The summed E-state index contributed by atoms with van der Waals surface area (Å²) in [5.41, 5.74) is 0. The lowest BCUT2D eigenvalue weighted by molar-refractivity contribution is -0.124.